The molecule has 9 rings (SSSR count). The first-order valence-corrected chi connectivity index (χ1v) is 18.3. The van der Waals surface area contributed by atoms with Crippen LogP contribution in [0.3, 0.4) is 0 Å². The van der Waals surface area contributed by atoms with Crippen LogP contribution in [0, 0.1) is 17.8 Å². The van der Waals surface area contributed by atoms with Crippen molar-refractivity contribution < 1.29 is 29.0 Å². The number of cyclic esters (lactones) is 1. The summed E-state index contributed by atoms with van der Waals surface area (Å²) in [6, 6.07) is 36.5. The fourth-order valence-corrected chi connectivity index (χ4v) is 8.86. The first-order chi connectivity index (χ1) is 27.4. The Kier molecular flexibility index (Phi) is 8.80. The summed E-state index contributed by atoms with van der Waals surface area (Å²) in [5, 5.41) is 20.9. The number of primary amides is 1. The topological polar surface area (TPSA) is 162 Å². The summed E-state index contributed by atoms with van der Waals surface area (Å²) >= 11 is 0. The minimum absolute atomic E-state index is 0.0953. The van der Waals surface area contributed by atoms with Crippen LogP contribution in [0.15, 0.2) is 127 Å². The molecule has 0 unspecified atom stereocenters. The van der Waals surface area contributed by atoms with E-state index in [2.05, 4.69) is 27.5 Å². The van der Waals surface area contributed by atoms with Crippen molar-refractivity contribution in [3.8, 4) is 17.6 Å². The molecule has 0 bridgehead atoms. The molecule has 1 aromatic heterocycles. The molecule has 0 radical (unpaired) electrons. The van der Waals surface area contributed by atoms with Gasteiger partial charge in [-0.3, -0.25) is 19.3 Å². The standard InChI is InChI=1S/C44H36N6O6/c45-41(52)36-38-42(53)56-39(29-13-5-2-6-14-29)37(28-11-3-1-4-12-28)50(38)40(30-18-20-31(21-19-30)55-25-24-51)44(36)32-26-27(17-22-33(32)46-43(44)54)10-9-23-49-35-16-8-7-15-34(35)47-48-49/h1-8,11-22,26,36-40,51H,23-25H2,(H2,45,52)(H,46,54)/t36-,37-,38-,39+,40+,44-/m0/s1. The van der Waals surface area contributed by atoms with E-state index in [-0.39, 0.29) is 19.8 Å². The molecule has 12 heteroatoms. The summed E-state index contributed by atoms with van der Waals surface area (Å²) < 4.78 is 13.8. The zero-order valence-electron chi connectivity index (χ0n) is 30.0. The molecule has 2 amide bonds. The lowest BCUT2D eigenvalue weighted by Gasteiger charge is -2.46. The second kappa shape index (κ2) is 14.1. The lowest BCUT2D eigenvalue weighted by atomic mass is 9.65. The number of morpholine rings is 1. The van der Waals surface area contributed by atoms with E-state index in [1.807, 2.05) is 108 Å². The van der Waals surface area contributed by atoms with Gasteiger partial charge in [0.25, 0.3) is 0 Å². The Balaban J connectivity index is 1.24. The second-order valence-electron chi connectivity index (χ2n) is 14.1. The van der Waals surface area contributed by atoms with E-state index in [1.165, 1.54) is 0 Å². The number of ether oxygens (including phenoxy) is 2. The number of aliphatic hydroxyl groups is 1. The molecule has 0 saturated carbocycles. The van der Waals surface area contributed by atoms with Crippen molar-refractivity contribution in [1.82, 2.24) is 19.9 Å². The molecule has 2 fully saturated rings. The fourth-order valence-electron chi connectivity index (χ4n) is 8.86. The van der Waals surface area contributed by atoms with Crippen molar-refractivity contribution in [3.63, 3.8) is 0 Å². The number of fused-ring (bicyclic) bond motifs is 4. The number of carbonyl (C=O) groups is 3. The van der Waals surface area contributed by atoms with E-state index in [1.54, 1.807) is 28.9 Å². The lowest BCUT2D eigenvalue weighted by Crippen LogP contribution is -2.53. The predicted molar refractivity (Wildman–Crippen MR) is 206 cm³/mol. The predicted octanol–water partition coefficient (Wildman–Crippen LogP) is 4.61. The van der Waals surface area contributed by atoms with Crippen LogP contribution in [0.2, 0.25) is 0 Å². The maximum atomic E-state index is 15.0. The van der Waals surface area contributed by atoms with Gasteiger partial charge in [0.2, 0.25) is 11.8 Å². The van der Waals surface area contributed by atoms with Gasteiger partial charge in [0.05, 0.1) is 30.1 Å². The molecule has 6 atom stereocenters. The van der Waals surface area contributed by atoms with Crippen molar-refractivity contribution in [2.75, 3.05) is 18.5 Å². The summed E-state index contributed by atoms with van der Waals surface area (Å²) in [6.07, 6.45) is -0.797. The van der Waals surface area contributed by atoms with Gasteiger partial charge in [-0.05, 0) is 64.7 Å². The molecule has 278 valence electrons. The number of aliphatic hydroxyl groups excluding tert-OH is 1. The third-order valence-electron chi connectivity index (χ3n) is 11.1. The summed E-state index contributed by atoms with van der Waals surface area (Å²) in [4.78, 5) is 45.6. The Hall–Kier alpha value is -6.81. The summed E-state index contributed by atoms with van der Waals surface area (Å²) in [5.41, 5.74) is 10.1. The van der Waals surface area contributed by atoms with Gasteiger partial charge in [-0.2, -0.15) is 0 Å². The van der Waals surface area contributed by atoms with Crippen molar-refractivity contribution in [2.45, 2.75) is 36.2 Å². The zero-order chi connectivity index (χ0) is 38.4. The first-order valence-electron chi connectivity index (χ1n) is 18.3. The number of para-hydroxylation sites is 1. The Labute approximate surface area is 321 Å². The fraction of sp³-hybridized carbons (Fsp3) is 0.205. The molecule has 3 aliphatic heterocycles. The van der Waals surface area contributed by atoms with Crippen LogP contribution in [0.5, 0.6) is 5.75 Å². The molecule has 0 aliphatic carbocycles. The maximum absolute atomic E-state index is 15.0. The van der Waals surface area contributed by atoms with Crippen LogP contribution in [0.1, 0.15) is 46.0 Å². The van der Waals surface area contributed by atoms with E-state index in [4.69, 9.17) is 15.2 Å². The van der Waals surface area contributed by atoms with E-state index in [9.17, 15) is 14.7 Å². The van der Waals surface area contributed by atoms with Gasteiger partial charge in [0.1, 0.15) is 42.0 Å². The van der Waals surface area contributed by atoms with Crippen molar-refractivity contribution in [2.24, 2.45) is 11.7 Å². The lowest BCUT2D eigenvalue weighted by molar-refractivity contribution is -0.178. The Morgan fingerprint density at radius 1 is 0.875 bits per heavy atom. The van der Waals surface area contributed by atoms with Crippen LogP contribution in [0.4, 0.5) is 5.69 Å². The van der Waals surface area contributed by atoms with Gasteiger partial charge >= 0.3 is 5.97 Å². The number of aromatic nitrogens is 3. The average molecular weight is 745 g/mol. The number of nitrogens with two attached hydrogens (primary N) is 1. The van der Waals surface area contributed by atoms with Gasteiger partial charge in [-0.1, -0.05) is 102 Å². The number of esters is 1. The number of rotatable bonds is 8. The van der Waals surface area contributed by atoms with E-state index < -0.39 is 53.3 Å². The highest BCUT2D eigenvalue weighted by Gasteiger charge is 2.73. The quantitative estimate of drug-likeness (QED) is 0.149. The third kappa shape index (κ3) is 5.59. The largest absolute Gasteiger partial charge is 0.491 e. The number of nitrogens with zero attached hydrogens (tertiary/aromatic N) is 4. The molecular formula is C44H36N6O6. The van der Waals surface area contributed by atoms with Gasteiger partial charge in [-0.25, -0.2) is 4.68 Å². The van der Waals surface area contributed by atoms with Crippen molar-refractivity contribution >= 4 is 34.5 Å². The minimum Gasteiger partial charge on any atom is -0.491 e. The smallest absolute Gasteiger partial charge is 0.324 e. The Morgan fingerprint density at radius 2 is 1.59 bits per heavy atom. The third-order valence-corrected chi connectivity index (χ3v) is 11.1. The molecule has 4 heterocycles. The average Bonchev–Trinajstić information content (AvgIpc) is 3.88. The number of hydrogen-bond donors (Lipinski definition) is 3. The number of anilines is 1. The number of benzene rings is 5. The van der Waals surface area contributed by atoms with E-state index in [0.29, 0.717) is 28.1 Å². The summed E-state index contributed by atoms with van der Waals surface area (Å²) in [7, 11) is 0. The van der Waals surface area contributed by atoms with Crippen molar-refractivity contribution in [1.29, 1.82) is 0 Å². The van der Waals surface area contributed by atoms with Gasteiger partial charge in [0.15, 0.2) is 0 Å². The molecule has 56 heavy (non-hydrogen) atoms. The minimum atomic E-state index is -1.70. The number of hydrogen-bond acceptors (Lipinski definition) is 9. The maximum Gasteiger partial charge on any atom is 0.324 e. The molecule has 12 nitrogen and oxygen atoms in total. The SMILES string of the molecule is NC(=O)[C@@H]1[C@H]2C(=O)O[C@H](c3ccccc3)[C@H](c3ccccc3)N2[C@H](c2ccc(OCCO)cc2)[C@@]12C(=O)Nc1ccc(C#CCn3nnc4ccccc43)cc12. The molecule has 5 aromatic carbocycles. The Morgan fingerprint density at radius 3 is 2.32 bits per heavy atom. The molecule has 3 aliphatic rings. The summed E-state index contributed by atoms with van der Waals surface area (Å²) in [5.74, 6) is 3.63. The van der Waals surface area contributed by atoms with E-state index >= 15 is 4.79 Å². The highest BCUT2D eigenvalue weighted by atomic mass is 16.6. The monoisotopic (exact) mass is 744 g/mol. The van der Waals surface area contributed by atoms with Gasteiger partial charge in [0, 0.05) is 11.3 Å². The van der Waals surface area contributed by atoms with Crippen LogP contribution < -0.4 is 15.8 Å². The molecule has 1 spiro atoms. The van der Waals surface area contributed by atoms with Crippen LogP contribution in [0.25, 0.3) is 11.0 Å². The number of carbonyl (C=O) groups excluding carboxylic acids is 3. The van der Waals surface area contributed by atoms with Crippen LogP contribution in [-0.4, -0.2) is 62.0 Å². The second-order valence-corrected chi connectivity index (χ2v) is 14.1. The molecule has 6 aromatic rings. The van der Waals surface area contributed by atoms with Gasteiger partial charge in [-0.15, -0.1) is 5.10 Å². The number of amides is 2. The highest BCUT2D eigenvalue weighted by molar-refractivity contribution is 6.12. The summed E-state index contributed by atoms with van der Waals surface area (Å²) in [6.45, 7) is 0.194. The first kappa shape index (κ1) is 34.9. The van der Waals surface area contributed by atoms with Crippen LogP contribution in [-0.2, 0) is 31.1 Å². The molecule has 4 N–H and O–H groups in total. The molecular weight excluding hydrogens is 709 g/mol. The van der Waals surface area contributed by atoms with Gasteiger partial charge < -0.3 is 25.6 Å². The van der Waals surface area contributed by atoms with Crippen LogP contribution >= 0.6 is 0 Å². The van der Waals surface area contributed by atoms with Crippen molar-refractivity contribution in [3.05, 3.63) is 155 Å². The zero-order valence-corrected chi connectivity index (χ0v) is 30.0. The normalized spacial score (nSPS) is 23.8. The highest BCUT2D eigenvalue weighted by Crippen LogP contribution is 2.64. The molecule has 2 saturated heterocycles. The van der Waals surface area contributed by atoms with E-state index in [0.717, 1.165) is 22.2 Å². The Bertz CT molecular complexity index is 2530. The number of nitrogens with one attached hydrogen (secondary N) is 1.